The molecule has 1 fully saturated rings. The Morgan fingerprint density at radius 2 is 2.06 bits per heavy atom. The number of aromatic amines is 1. The monoisotopic (exact) mass is 534 g/mol. The predicted molar refractivity (Wildman–Crippen MR) is 144 cm³/mol. The first-order chi connectivity index (χ1) is 17.0. The van der Waals surface area contributed by atoms with Crippen molar-refractivity contribution in [3.05, 3.63) is 69.8 Å². The summed E-state index contributed by atoms with van der Waals surface area (Å²) < 4.78 is 6.36. The van der Waals surface area contributed by atoms with E-state index in [0.717, 1.165) is 46.3 Å². The Morgan fingerprint density at radius 3 is 2.83 bits per heavy atom. The number of piperidine rings is 1. The highest BCUT2D eigenvalue weighted by molar-refractivity contribution is 9.10. The standard InChI is InChI=1S/C28H31BrN4O2/c1-4-18-16-33(2)25-14-22-20-10-5-6-11-23(20)31-27(22)24(13-21(18)26(25)28(34)35-3)32-30-15-17-8-7-9-19(29)12-17/h5-12,15,18,21,25-26,31H,4,13-14,16H2,1-3H3/b30-15-,32-24+/t18-,21-,25+,26-/m1/s1. The number of para-hydroxylation sites is 1. The summed E-state index contributed by atoms with van der Waals surface area (Å²) in [5.74, 6) is 0.202. The fourth-order valence-corrected chi connectivity index (χ4v) is 6.42. The average molecular weight is 535 g/mol. The van der Waals surface area contributed by atoms with E-state index >= 15 is 0 Å². The van der Waals surface area contributed by atoms with Gasteiger partial charge in [-0.05, 0) is 61.1 Å². The van der Waals surface area contributed by atoms with Crippen LogP contribution in [0.1, 0.15) is 36.6 Å². The van der Waals surface area contributed by atoms with Crippen LogP contribution in [0.4, 0.5) is 0 Å². The van der Waals surface area contributed by atoms with Gasteiger partial charge in [0.2, 0.25) is 0 Å². The van der Waals surface area contributed by atoms with Crippen LogP contribution in [0.5, 0.6) is 0 Å². The number of benzene rings is 2. The third kappa shape index (κ3) is 4.59. The number of esters is 1. The van der Waals surface area contributed by atoms with Crippen LogP contribution in [0.25, 0.3) is 10.9 Å². The van der Waals surface area contributed by atoms with E-state index in [0.29, 0.717) is 12.3 Å². The van der Waals surface area contributed by atoms with Gasteiger partial charge < -0.3 is 14.6 Å². The first-order valence-corrected chi connectivity index (χ1v) is 13.0. The van der Waals surface area contributed by atoms with Gasteiger partial charge in [0.25, 0.3) is 0 Å². The Balaban J connectivity index is 1.65. The van der Waals surface area contributed by atoms with Gasteiger partial charge in [-0.15, -0.1) is 0 Å². The molecule has 0 saturated carbocycles. The van der Waals surface area contributed by atoms with E-state index in [2.05, 4.69) is 63.1 Å². The van der Waals surface area contributed by atoms with Crippen molar-refractivity contribution in [1.29, 1.82) is 0 Å². The molecule has 2 bridgehead atoms. The molecule has 1 aromatic heterocycles. The number of methoxy groups -OCH3 is 1. The molecule has 5 rings (SSSR count). The number of rotatable bonds is 4. The lowest BCUT2D eigenvalue weighted by molar-refractivity contribution is -0.154. The van der Waals surface area contributed by atoms with E-state index in [1.54, 1.807) is 6.21 Å². The Kier molecular flexibility index (Phi) is 6.89. The number of halogens is 1. The summed E-state index contributed by atoms with van der Waals surface area (Å²) in [4.78, 5) is 19.2. The Labute approximate surface area is 214 Å². The van der Waals surface area contributed by atoms with E-state index in [-0.39, 0.29) is 23.8 Å². The number of likely N-dealkylation sites (tertiary alicyclic amines) is 1. The summed E-state index contributed by atoms with van der Waals surface area (Å²) in [6.07, 6.45) is 4.23. The topological polar surface area (TPSA) is 70.0 Å². The maximum Gasteiger partial charge on any atom is 0.310 e. The molecule has 6 nitrogen and oxygen atoms in total. The highest BCUT2D eigenvalue weighted by Crippen LogP contribution is 2.42. The molecular weight excluding hydrogens is 504 g/mol. The smallest absolute Gasteiger partial charge is 0.310 e. The molecule has 0 unspecified atom stereocenters. The fourth-order valence-electron chi connectivity index (χ4n) is 6.01. The van der Waals surface area contributed by atoms with Gasteiger partial charge >= 0.3 is 5.97 Å². The summed E-state index contributed by atoms with van der Waals surface area (Å²) in [5.41, 5.74) is 5.21. The molecule has 1 saturated heterocycles. The van der Waals surface area contributed by atoms with Crippen LogP contribution >= 0.6 is 15.9 Å². The molecule has 1 aliphatic heterocycles. The van der Waals surface area contributed by atoms with E-state index in [4.69, 9.17) is 9.84 Å². The van der Waals surface area contributed by atoms with Gasteiger partial charge in [0, 0.05) is 28.0 Å². The lowest BCUT2D eigenvalue weighted by Gasteiger charge is -2.48. The molecule has 0 amide bonds. The molecule has 7 heteroatoms. The number of H-pyrrole nitrogens is 1. The number of nitrogens with one attached hydrogen (secondary N) is 1. The number of likely N-dealkylation sites (N-methyl/N-ethyl adjacent to an activating group) is 1. The number of hydrogen-bond donors (Lipinski definition) is 1. The number of hydrogen-bond acceptors (Lipinski definition) is 5. The summed E-state index contributed by atoms with van der Waals surface area (Å²) in [5, 5.41) is 10.5. The zero-order valence-electron chi connectivity index (χ0n) is 20.4. The van der Waals surface area contributed by atoms with Crippen LogP contribution in [-0.2, 0) is 16.0 Å². The van der Waals surface area contributed by atoms with Crippen molar-refractivity contribution in [2.45, 2.75) is 32.2 Å². The molecule has 1 N–H and O–H groups in total. The van der Waals surface area contributed by atoms with Crippen molar-refractivity contribution in [3.8, 4) is 0 Å². The maximum absolute atomic E-state index is 13.2. The Bertz CT molecular complexity index is 1300. The van der Waals surface area contributed by atoms with Crippen LogP contribution in [0, 0.1) is 17.8 Å². The van der Waals surface area contributed by atoms with Crippen molar-refractivity contribution < 1.29 is 9.53 Å². The zero-order valence-corrected chi connectivity index (χ0v) is 22.0. The molecule has 0 spiro atoms. The molecule has 35 heavy (non-hydrogen) atoms. The summed E-state index contributed by atoms with van der Waals surface area (Å²) in [6.45, 7) is 3.17. The van der Waals surface area contributed by atoms with E-state index in [1.807, 2.05) is 30.3 Å². The second-order valence-electron chi connectivity index (χ2n) is 9.67. The number of nitrogens with zero attached hydrogens (tertiary/aromatic N) is 3. The number of carbonyl (C=O) groups is 1. The molecule has 3 aromatic rings. The fraction of sp³-hybridized carbons (Fsp3) is 0.393. The Morgan fingerprint density at radius 1 is 1.23 bits per heavy atom. The first-order valence-electron chi connectivity index (χ1n) is 12.2. The zero-order chi connectivity index (χ0) is 24.5. The van der Waals surface area contributed by atoms with Gasteiger partial charge in [0.15, 0.2) is 0 Å². The highest BCUT2D eigenvalue weighted by Gasteiger charge is 2.48. The van der Waals surface area contributed by atoms with Crippen LogP contribution < -0.4 is 0 Å². The lowest BCUT2D eigenvalue weighted by atomic mass is 9.67. The maximum atomic E-state index is 13.2. The minimum atomic E-state index is -0.204. The van der Waals surface area contributed by atoms with Gasteiger partial charge in [0.05, 0.1) is 30.6 Å². The van der Waals surface area contributed by atoms with E-state index in [1.165, 1.54) is 18.1 Å². The van der Waals surface area contributed by atoms with Crippen molar-refractivity contribution in [2.24, 2.45) is 28.0 Å². The van der Waals surface area contributed by atoms with Crippen molar-refractivity contribution in [2.75, 3.05) is 20.7 Å². The van der Waals surface area contributed by atoms with Crippen molar-refractivity contribution in [3.63, 3.8) is 0 Å². The van der Waals surface area contributed by atoms with Crippen LogP contribution in [0.3, 0.4) is 0 Å². The van der Waals surface area contributed by atoms with Gasteiger partial charge in [-0.3, -0.25) is 4.79 Å². The predicted octanol–water partition coefficient (Wildman–Crippen LogP) is 5.45. The normalized spacial score (nSPS) is 26.0. The quantitative estimate of drug-likeness (QED) is 0.275. The molecular formula is C28H31BrN4O2. The molecule has 182 valence electrons. The van der Waals surface area contributed by atoms with Crippen LogP contribution in [-0.4, -0.2) is 54.5 Å². The SMILES string of the molecule is CC[C@@H]1CN(C)[C@H]2Cc3c([nH]c4ccccc34)/C(=N/N=C\c3cccc(Br)c3)C[C@H]1[C@H]2C(=O)OC. The minimum Gasteiger partial charge on any atom is -0.469 e. The van der Waals surface area contributed by atoms with Gasteiger partial charge in [-0.2, -0.15) is 10.2 Å². The summed E-state index contributed by atoms with van der Waals surface area (Å²) in [7, 11) is 3.65. The summed E-state index contributed by atoms with van der Waals surface area (Å²) in [6, 6.07) is 16.4. The lowest BCUT2D eigenvalue weighted by Crippen LogP contribution is -2.56. The second kappa shape index (κ2) is 10.1. The molecule has 4 atom stereocenters. The van der Waals surface area contributed by atoms with Crippen LogP contribution in [0.15, 0.2) is 63.2 Å². The van der Waals surface area contributed by atoms with E-state index in [9.17, 15) is 4.79 Å². The average Bonchev–Trinajstić information content (AvgIpc) is 3.21. The number of ether oxygens (including phenoxy) is 1. The summed E-state index contributed by atoms with van der Waals surface area (Å²) >= 11 is 3.52. The molecule has 0 radical (unpaired) electrons. The van der Waals surface area contributed by atoms with E-state index < -0.39 is 0 Å². The van der Waals surface area contributed by atoms with Gasteiger partial charge in [0.1, 0.15) is 0 Å². The highest BCUT2D eigenvalue weighted by atomic mass is 79.9. The molecule has 2 heterocycles. The van der Waals surface area contributed by atoms with Crippen LogP contribution in [0.2, 0.25) is 0 Å². The van der Waals surface area contributed by atoms with Crippen molar-refractivity contribution in [1.82, 2.24) is 9.88 Å². The Hall–Kier alpha value is -2.77. The second-order valence-corrected chi connectivity index (χ2v) is 10.6. The number of fused-ring (bicyclic) bond motifs is 5. The number of carbonyl (C=O) groups excluding carboxylic acids is 1. The van der Waals surface area contributed by atoms with Gasteiger partial charge in [-0.1, -0.05) is 59.6 Å². The number of aromatic nitrogens is 1. The molecule has 2 aromatic carbocycles. The third-order valence-corrected chi connectivity index (χ3v) is 8.24. The third-order valence-electron chi connectivity index (χ3n) is 7.75. The largest absolute Gasteiger partial charge is 0.469 e. The van der Waals surface area contributed by atoms with Crippen molar-refractivity contribution >= 4 is 44.7 Å². The van der Waals surface area contributed by atoms with Gasteiger partial charge in [-0.25, -0.2) is 0 Å². The molecule has 2 aliphatic rings. The first kappa shape index (κ1) is 23.9. The molecule has 1 aliphatic carbocycles. The minimum absolute atomic E-state index is 0.0833.